The minimum absolute atomic E-state index is 0.561. The van der Waals surface area contributed by atoms with Crippen LogP contribution < -0.4 is 10.5 Å². The summed E-state index contributed by atoms with van der Waals surface area (Å²) in [5.41, 5.74) is 7.47. The molecule has 2 aromatic rings. The molecular weight excluding hydrogens is 234 g/mol. The van der Waals surface area contributed by atoms with Crippen LogP contribution >= 0.6 is 11.5 Å². The van der Waals surface area contributed by atoms with Gasteiger partial charge in [0.25, 0.3) is 5.19 Å². The number of nitrogens with two attached hydrogens (primary N) is 1. The first-order valence-electron chi connectivity index (χ1n) is 5.60. The normalized spacial score (nSPS) is 14.9. The highest BCUT2D eigenvalue weighted by molar-refractivity contribution is 7.07. The molecule has 1 aliphatic rings. The van der Waals surface area contributed by atoms with Crippen LogP contribution in [0.15, 0.2) is 18.2 Å². The summed E-state index contributed by atoms with van der Waals surface area (Å²) in [5.74, 6) is 2.24. The zero-order valence-electron chi connectivity index (χ0n) is 9.51. The molecule has 2 N–H and O–H groups in total. The molecule has 0 atom stereocenters. The first-order valence-corrected chi connectivity index (χ1v) is 6.37. The summed E-state index contributed by atoms with van der Waals surface area (Å²) in [7, 11) is 0. The Labute approximate surface area is 104 Å². The Hall–Kier alpha value is -1.62. The summed E-state index contributed by atoms with van der Waals surface area (Å²) in [6.45, 7) is 1.98. The van der Waals surface area contributed by atoms with Crippen molar-refractivity contribution in [2.45, 2.75) is 25.7 Å². The van der Waals surface area contributed by atoms with Gasteiger partial charge in [-0.25, -0.2) is 0 Å². The molecule has 4 nitrogen and oxygen atoms in total. The topological polar surface area (TPSA) is 61.0 Å². The van der Waals surface area contributed by atoms with Gasteiger partial charge in [-0.3, -0.25) is 0 Å². The molecule has 0 spiro atoms. The van der Waals surface area contributed by atoms with Crippen LogP contribution in [-0.4, -0.2) is 9.36 Å². The smallest absolute Gasteiger partial charge is 0.298 e. The number of nitrogens with zero attached hydrogens (tertiary/aromatic N) is 2. The lowest BCUT2D eigenvalue weighted by molar-refractivity contribution is 0.474. The summed E-state index contributed by atoms with van der Waals surface area (Å²) in [6.07, 6.45) is 2.40. The summed E-state index contributed by atoms with van der Waals surface area (Å²) < 4.78 is 10.0. The third kappa shape index (κ3) is 2.24. The fourth-order valence-electron chi connectivity index (χ4n) is 1.59. The number of aromatic nitrogens is 2. The number of anilines is 1. The molecule has 1 aromatic heterocycles. The van der Waals surface area contributed by atoms with Gasteiger partial charge in [0.1, 0.15) is 11.6 Å². The first kappa shape index (κ1) is 10.5. The standard InChI is InChI=1S/C12H13N3OS/c1-7-2-5-9(13)6-10(7)16-12-14-11(15-17-12)8-3-4-8/h2,5-6,8H,3-4,13H2,1H3. The van der Waals surface area contributed by atoms with Crippen LogP contribution in [0, 0.1) is 6.92 Å². The second-order valence-electron chi connectivity index (χ2n) is 4.32. The molecule has 0 aliphatic heterocycles. The molecule has 0 amide bonds. The number of benzene rings is 1. The summed E-state index contributed by atoms with van der Waals surface area (Å²) in [5, 5.41) is 0.598. The Morgan fingerprint density at radius 3 is 3.00 bits per heavy atom. The van der Waals surface area contributed by atoms with Crippen molar-refractivity contribution in [1.82, 2.24) is 9.36 Å². The zero-order valence-corrected chi connectivity index (χ0v) is 10.3. The van der Waals surface area contributed by atoms with Gasteiger partial charge in [-0.05, 0) is 31.4 Å². The molecule has 3 rings (SSSR count). The number of ether oxygens (including phenoxy) is 1. The maximum Gasteiger partial charge on any atom is 0.298 e. The largest absolute Gasteiger partial charge is 0.429 e. The second kappa shape index (κ2) is 4.00. The van der Waals surface area contributed by atoms with E-state index < -0.39 is 0 Å². The second-order valence-corrected chi connectivity index (χ2v) is 5.03. The van der Waals surface area contributed by atoms with Crippen molar-refractivity contribution in [3.05, 3.63) is 29.6 Å². The van der Waals surface area contributed by atoms with Gasteiger partial charge in [0.05, 0.1) is 0 Å². The van der Waals surface area contributed by atoms with Gasteiger partial charge >= 0.3 is 0 Å². The van der Waals surface area contributed by atoms with Gasteiger partial charge in [0.15, 0.2) is 0 Å². The maximum atomic E-state index is 5.73. The summed E-state index contributed by atoms with van der Waals surface area (Å²) in [6, 6.07) is 5.61. The predicted octanol–water partition coefficient (Wildman–Crippen LogP) is 3.10. The third-order valence-electron chi connectivity index (χ3n) is 2.78. The van der Waals surface area contributed by atoms with E-state index in [4.69, 9.17) is 10.5 Å². The Bertz CT molecular complexity index is 548. The first-order chi connectivity index (χ1) is 8.22. The van der Waals surface area contributed by atoms with Crippen molar-refractivity contribution < 1.29 is 4.74 Å². The monoisotopic (exact) mass is 247 g/mol. The average molecular weight is 247 g/mol. The summed E-state index contributed by atoms with van der Waals surface area (Å²) >= 11 is 1.30. The van der Waals surface area contributed by atoms with E-state index in [-0.39, 0.29) is 0 Å². The number of hydrogen-bond donors (Lipinski definition) is 1. The predicted molar refractivity (Wildman–Crippen MR) is 67.5 cm³/mol. The highest BCUT2D eigenvalue weighted by Crippen LogP contribution is 2.40. The molecule has 5 heteroatoms. The van der Waals surface area contributed by atoms with E-state index in [0.29, 0.717) is 16.8 Å². The maximum absolute atomic E-state index is 5.73. The molecule has 0 bridgehead atoms. The molecule has 17 heavy (non-hydrogen) atoms. The van der Waals surface area contributed by atoms with Gasteiger partial charge in [-0.15, -0.1) is 0 Å². The van der Waals surface area contributed by atoms with Gasteiger partial charge < -0.3 is 10.5 Å². The van der Waals surface area contributed by atoms with E-state index in [0.717, 1.165) is 17.1 Å². The molecule has 1 fully saturated rings. The van der Waals surface area contributed by atoms with Crippen LogP contribution in [0.3, 0.4) is 0 Å². The number of hydrogen-bond acceptors (Lipinski definition) is 5. The fourth-order valence-corrected chi connectivity index (χ4v) is 2.21. The van der Waals surface area contributed by atoms with E-state index in [1.165, 1.54) is 24.4 Å². The van der Waals surface area contributed by atoms with Crippen LogP contribution in [0.25, 0.3) is 0 Å². The minimum atomic E-state index is 0.561. The average Bonchev–Trinajstić information content (AvgIpc) is 3.05. The van der Waals surface area contributed by atoms with Crippen LogP contribution in [0.1, 0.15) is 30.1 Å². The molecule has 0 radical (unpaired) electrons. The van der Waals surface area contributed by atoms with Gasteiger partial charge in [0.2, 0.25) is 0 Å². The Morgan fingerprint density at radius 1 is 1.41 bits per heavy atom. The lowest BCUT2D eigenvalue weighted by Gasteiger charge is -2.05. The van der Waals surface area contributed by atoms with Gasteiger partial charge in [0, 0.05) is 29.2 Å². The molecule has 1 saturated carbocycles. The molecule has 1 aliphatic carbocycles. The van der Waals surface area contributed by atoms with Gasteiger partial charge in [-0.2, -0.15) is 9.36 Å². The van der Waals surface area contributed by atoms with Crippen molar-refractivity contribution in [1.29, 1.82) is 0 Å². The van der Waals surface area contributed by atoms with Crippen LogP contribution in [0.5, 0.6) is 10.9 Å². The highest BCUT2D eigenvalue weighted by Gasteiger charge is 2.28. The van der Waals surface area contributed by atoms with E-state index in [9.17, 15) is 0 Å². The lowest BCUT2D eigenvalue weighted by Crippen LogP contribution is -1.91. The van der Waals surface area contributed by atoms with Crippen LogP contribution in [0.2, 0.25) is 0 Å². The van der Waals surface area contributed by atoms with Crippen molar-refractivity contribution in [2.24, 2.45) is 0 Å². The molecule has 0 unspecified atom stereocenters. The molecule has 1 heterocycles. The van der Waals surface area contributed by atoms with Crippen LogP contribution in [-0.2, 0) is 0 Å². The Balaban J connectivity index is 1.82. The van der Waals surface area contributed by atoms with Crippen LogP contribution in [0.4, 0.5) is 5.69 Å². The minimum Gasteiger partial charge on any atom is -0.429 e. The Kier molecular flexibility index (Phi) is 2.48. The van der Waals surface area contributed by atoms with Crippen molar-refractivity contribution in [3.8, 4) is 10.9 Å². The van der Waals surface area contributed by atoms with Crippen molar-refractivity contribution >= 4 is 17.2 Å². The highest BCUT2D eigenvalue weighted by atomic mass is 32.1. The van der Waals surface area contributed by atoms with E-state index >= 15 is 0 Å². The lowest BCUT2D eigenvalue weighted by atomic mass is 10.2. The molecule has 0 saturated heterocycles. The number of nitrogen functional groups attached to an aromatic ring is 1. The van der Waals surface area contributed by atoms with E-state index in [2.05, 4.69) is 9.36 Å². The van der Waals surface area contributed by atoms with E-state index in [1.54, 1.807) is 0 Å². The quantitative estimate of drug-likeness (QED) is 0.847. The van der Waals surface area contributed by atoms with E-state index in [1.807, 2.05) is 25.1 Å². The number of aryl methyl sites for hydroxylation is 1. The number of rotatable bonds is 3. The summed E-state index contributed by atoms with van der Waals surface area (Å²) in [4.78, 5) is 4.38. The Morgan fingerprint density at radius 2 is 2.24 bits per heavy atom. The van der Waals surface area contributed by atoms with Crippen molar-refractivity contribution in [2.75, 3.05) is 5.73 Å². The third-order valence-corrected chi connectivity index (χ3v) is 3.38. The van der Waals surface area contributed by atoms with Gasteiger partial charge in [-0.1, -0.05) is 6.07 Å². The fraction of sp³-hybridized carbons (Fsp3) is 0.333. The zero-order chi connectivity index (χ0) is 11.8. The molecule has 88 valence electrons. The van der Waals surface area contributed by atoms with Crippen molar-refractivity contribution in [3.63, 3.8) is 0 Å². The molecular formula is C12H13N3OS. The SMILES string of the molecule is Cc1ccc(N)cc1Oc1nc(C2CC2)ns1. The molecule has 1 aromatic carbocycles.